The van der Waals surface area contributed by atoms with Gasteiger partial charge in [-0.15, -0.1) is 5.10 Å². The third-order valence-electron chi connectivity index (χ3n) is 3.54. The Labute approximate surface area is 127 Å². The summed E-state index contributed by atoms with van der Waals surface area (Å²) >= 11 is 0. The van der Waals surface area contributed by atoms with Crippen molar-refractivity contribution in [2.75, 3.05) is 26.2 Å². The highest BCUT2D eigenvalue weighted by atomic mass is 16.5. The van der Waals surface area contributed by atoms with Crippen LogP contribution in [0.2, 0.25) is 0 Å². The molecule has 1 aliphatic rings. The maximum Gasteiger partial charge on any atom is 0.0965 e. The minimum atomic E-state index is -0.0393. The van der Waals surface area contributed by atoms with Gasteiger partial charge in [0.05, 0.1) is 24.4 Å². The summed E-state index contributed by atoms with van der Waals surface area (Å²) in [6.45, 7) is 16.1. The molecule has 0 unspecified atom stereocenters. The van der Waals surface area contributed by atoms with Gasteiger partial charge in [-0.1, -0.05) is 5.21 Å². The molecule has 120 valence electrons. The minimum Gasteiger partial charge on any atom is -0.373 e. The fraction of sp³-hybridized carbons (Fsp3) is 0.867. The second kappa shape index (κ2) is 6.42. The first-order valence-corrected chi connectivity index (χ1v) is 7.74. The van der Waals surface area contributed by atoms with Crippen molar-refractivity contribution in [2.24, 2.45) is 0 Å². The van der Waals surface area contributed by atoms with Crippen molar-refractivity contribution < 1.29 is 4.74 Å². The van der Waals surface area contributed by atoms with Crippen molar-refractivity contribution in [2.45, 2.75) is 58.8 Å². The number of nitrogens with zero attached hydrogens (tertiary/aromatic N) is 4. The minimum absolute atomic E-state index is 0.0393. The smallest absolute Gasteiger partial charge is 0.0965 e. The first kappa shape index (κ1) is 16.4. The molecule has 1 aromatic rings. The fourth-order valence-electron chi connectivity index (χ4n) is 2.43. The van der Waals surface area contributed by atoms with Crippen molar-refractivity contribution >= 4 is 0 Å². The molecule has 6 heteroatoms. The number of aromatic nitrogens is 3. The highest BCUT2D eigenvalue weighted by Crippen LogP contribution is 2.16. The van der Waals surface area contributed by atoms with E-state index in [0.717, 1.165) is 45.0 Å². The van der Waals surface area contributed by atoms with E-state index in [4.69, 9.17) is 4.74 Å². The van der Waals surface area contributed by atoms with Crippen LogP contribution in [0.3, 0.4) is 0 Å². The SMILES string of the molecule is CC(C)(C)NCc1cn(CCN2CCOC(C)(C)C2)nn1. The molecular formula is C15H29N5O. The van der Waals surface area contributed by atoms with Crippen LogP contribution in [0.4, 0.5) is 0 Å². The third-order valence-corrected chi connectivity index (χ3v) is 3.54. The third kappa shape index (κ3) is 5.73. The Bertz CT molecular complexity index is 449. The molecule has 0 radical (unpaired) electrons. The molecule has 0 saturated carbocycles. The van der Waals surface area contributed by atoms with Crippen molar-refractivity contribution in [3.05, 3.63) is 11.9 Å². The van der Waals surface area contributed by atoms with Gasteiger partial charge in [0.15, 0.2) is 0 Å². The molecule has 0 aromatic carbocycles. The van der Waals surface area contributed by atoms with E-state index in [-0.39, 0.29) is 11.1 Å². The van der Waals surface area contributed by atoms with Crippen LogP contribution in [0.1, 0.15) is 40.3 Å². The summed E-state index contributed by atoms with van der Waals surface area (Å²) < 4.78 is 7.66. The molecule has 6 nitrogen and oxygen atoms in total. The molecule has 1 saturated heterocycles. The molecule has 2 rings (SSSR count). The lowest BCUT2D eigenvalue weighted by Crippen LogP contribution is -2.49. The lowest BCUT2D eigenvalue weighted by atomic mass is 10.1. The van der Waals surface area contributed by atoms with Crippen LogP contribution in [-0.2, 0) is 17.8 Å². The zero-order valence-electron chi connectivity index (χ0n) is 14.0. The average Bonchev–Trinajstić information content (AvgIpc) is 2.80. The molecule has 1 aliphatic heterocycles. The van der Waals surface area contributed by atoms with E-state index in [1.165, 1.54) is 0 Å². The van der Waals surface area contributed by atoms with E-state index in [1.54, 1.807) is 0 Å². The summed E-state index contributed by atoms with van der Waals surface area (Å²) in [7, 11) is 0. The predicted octanol–water partition coefficient (Wildman–Crippen LogP) is 1.28. The molecule has 0 bridgehead atoms. The number of rotatable bonds is 5. The molecule has 21 heavy (non-hydrogen) atoms. The highest BCUT2D eigenvalue weighted by molar-refractivity contribution is 4.93. The van der Waals surface area contributed by atoms with Gasteiger partial charge in [-0.05, 0) is 34.6 Å². The summed E-state index contributed by atoms with van der Waals surface area (Å²) in [5.41, 5.74) is 1.05. The fourth-order valence-corrected chi connectivity index (χ4v) is 2.43. The van der Waals surface area contributed by atoms with Crippen LogP contribution in [0.5, 0.6) is 0 Å². The summed E-state index contributed by atoms with van der Waals surface area (Å²) in [6.07, 6.45) is 2.03. The van der Waals surface area contributed by atoms with Crippen molar-refractivity contribution in [1.29, 1.82) is 0 Å². The summed E-state index contributed by atoms with van der Waals surface area (Å²) in [5, 5.41) is 11.9. The Hall–Kier alpha value is -0.980. The highest BCUT2D eigenvalue weighted by Gasteiger charge is 2.26. The molecule has 1 N–H and O–H groups in total. The van der Waals surface area contributed by atoms with E-state index >= 15 is 0 Å². The Morgan fingerprint density at radius 2 is 2.10 bits per heavy atom. The van der Waals surface area contributed by atoms with E-state index in [1.807, 2.05) is 10.9 Å². The quantitative estimate of drug-likeness (QED) is 0.887. The van der Waals surface area contributed by atoms with Gasteiger partial charge >= 0.3 is 0 Å². The van der Waals surface area contributed by atoms with Gasteiger partial charge in [0.25, 0.3) is 0 Å². The average molecular weight is 295 g/mol. The monoisotopic (exact) mass is 295 g/mol. The molecular weight excluding hydrogens is 266 g/mol. The molecule has 0 atom stereocenters. The number of morpholine rings is 1. The molecule has 2 heterocycles. The zero-order chi connectivity index (χ0) is 15.5. The molecule has 0 spiro atoms. The van der Waals surface area contributed by atoms with Gasteiger partial charge in [0.2, 0.25) is 0 Å². The van der Waals surface area contributed by atoms with Crippen LogP contribution in [0, 0.1) is 0 Å². The first-order valence-electron chi connectivity index (χ1n) is 7.74. The number of nitrogens with one attached hydrogen (secondary N) is 1. The molecule has 0 aliphatic carbocycles. The summed E-state index contributed by atoms with van der Waals surface area (Å²) in [4.78, 5) is 2.43. The Morgan fingerprint density at radius 1 is 1.33 bits per heavy atom. The lowest BCUT2D eigenvalue weighted by molar-refractivity contribution is -0.0866. The van der Waals surface area contributed by atoms with E-state index in [2.05, 4.69) is 55.1 Å². The van der Waals surface area contributed by atoms with E-state index in [9.17, 15) is 0 Å². The summed E-state index contributed by atoms with van der Waals surface area (Å²) in [6, 6.07) is 0. The maximum absolute atomic E-state index is 5.73. The Morgan fingerprint density at radius 3 is 2.76 bits per heavy atom. The van der Waals surface area contributed by atoms with E-state index < -0.39 is 0 Å². The van der Waals surface area contributed by atoms with Crippen molar-refractivity contribution in [3.8, 4) is 0 Å². The van der Waals surface area contributed by atoms with Crippen LogP contribution in [-0.4, -0.2) is 57.3 Å². The summed E-state index contributed by atoms with van der Waals surface area (Å²) in [5.74, 6) is 0. The topological polar surface area (TPSA) is 55.2 Å². The lowest BCUT2D eigenvalue weighted by Gasteiger charge is -2.38. The number of hydrogen-bond acceptors (Lipinski definition) is 5. The second-order valence-corrected chi connectivity index (χ2v) is 7.46. The molecule has 0 amide bonds. The van der Waals surface area contributed by atoms with Crippen LogP contribution in [0.15, 0.2) is 6.20 Å². The van der Waals surface area contributed by atoms with Gasteiger partial charge in [0.1, 0.15) is 0 Å². The van der Waals surface area contributed by atoms with Gasteiger partial charge in [0, 0.05) is 37.9 Å². The van der Waals surface area contributed by atoms with Gasteiger partial charge < -0.3 is 10.1 Å². The number of ether oxygens (including phenoxy) is 1. The Balaban J connectivity index is 1.77. The zero-order valence-corrected chi connectivity index (χ0v) is 14.0. The largest absolute Gasteiger partial charge is 0.373 e. The molecule has 1 aromatic heterocycles. The predicted molar refractivity (Wildman–Crippen MR) is 83.1 cm³/mol. The Kier molecular flexibility index (Phi) is 5.01. The van der Waals surface area contributed by atoms with Crippen molar-refractivity contribution in [1.82, 2.24) is 25.2 Å². The van der Waals surface area contributed by atoms with Crippen LogP contribution in [0.25, 0.3) is 0 Å². The first-order chi connectivity index (χ1) is 9.73. The van der Waals surface area contributed by atoms with E-state index in [0.29, 0.717) is 0 Å². The number of hydrogen-bond donors (Lipinski definition) is 1. The standard InChI is InChI=1S/C15H29N5O/c1-14(2,3)16-10-13-11-20(18-17-13)7-6-19-8-9-21-15(4,5)12-19/h11,16H,6-10,12H2,1-5H3. The van der Waals surface area contributed by atoms with Crippen LogP contribution >= 0.6 is 0 Å². The molecule has 1 fully saturated rings. The second-order valence-electron chi connectivity index (χ2n) is 7.46. The van der Waals surface area contributed by atoms with Crippen molar-refractivity contribution in [3.63, 3.8) is 0 Å². The normalized spacial score (nSPS) is 19.9. The van der Waals surface area contributed by atoms with Crippen LogP contribution < -0.4 is 5.32 Å². The van der Waals surface area contributed by atoms with Gasteiger partial charge in [-0.3, -0.25) is 9.58 Å². The van der Waals surface area contributed by atoms with Gasteiger partial charge in [-0.25, -0.2) is 0 Å². The van der Waals surface area contributed by atoms with Gasteiger partial charge in [-0.2, -0.15) is 0 Å². The maximum atomic E-state index is 5.73.